The molecule has 4 rings (SSSR count). The first-order valence-electron chi connectivity index (χ1n) is 5.11. The van der Waals surface area contributed by atoms with E-state index in [0.717, 1.165) is 0 Å². The summed E-state index contributed by atoms with van der Waals surface area (Å²) >= 11 is 2.94. The SMILES string of the molecule is [Ni+2].[O-]C12C=CC=CC1S2.[O-]C12C=CC=CC1S2. The Morgan fingerprint density at radius 2 is 1.18 bits per heavy atom. The molecule has 2 fully saturated rings. The molecule has 0 spiro atoms. The molecule has 0 aromatic rings. The summed E-state index contributed by atoms with van der Waals surface area (Å²) in [6.45, 7) is 0. The molecule has 0 aromatic heterocycles. The van der Waals surface area contributed by atoms with E-state index in [1.54, 1.807) is 12.2 Å². The average Bonchev–Trinajstić information content (AvgIpc) is 3.10. The van der Waals surface area contributed by atoms with Crippen molar-refractivity contribution in [2.75, 3.05) is 0 Å². The second kappa shape index (κ2) is 4.63. The number of hydrogen-bond donors (Lipinski definition) is 0. The zero-order valence-corrected chi connectivity index (χ0v) is 11.3. The largest absolute Gasteiger partial charge is 2.00 e. The van der Waals surface area contributed by atoms with Crippen LogP contribution >= 0.6 is 23.5 Å². The third-order valence-corrected chi connectivity index (χ3v) is 5.28. The summed E-state index contributed by atoms with van der Waals surface area (Å²) in [6, 6.07) is 0. The molecule has 4 unspecified atom stereocenters. The van der Waals surface area contributed by atoms with Crippen LogP contribution in [0.2, 0.25) is 0 Å². The van der Waals surface area contributed by atoms with E-state index in [2.05, 4.69) is 0 Å². The number of rotatable bonds is 0. The van der Waals surface area contributed by atoms with E-state index >= 15 is 0 Å². The molecule has 2 aliphatic carbocycles. The first-order valence-corrected chi connectivity index (χ1v) is 6.87. The van der Waals surface area contributed by atoms with Crippen molar-refractivity contribution in [1.29, 1.82) is 0 Å². The fourth-order valence-corrected chi connectivity index (χ4v) is 3.28. The molecule has 2 heterocycles. The first-order chi connectivity index (χ1) is 7.62. The van der Waals surface area contributed by atoms with Crippen LogP contribution in [0.25, 0.3) is 0 Å². The third kappa shape index (κ3) is 2.74. The molecular weight excluding hydrogens is 299 g/mol. The summed E-state index contributed by atoms with van der Waals surface area (Å²) in [4.78, 5) is -1.51. The summed E-state index contributed by atoms with van der Waals surface area (Å²) in [5.41, 5.74) is 0. The van der Waals surface area contributed by atoms with Gasteiger partial charge in [-0.05, 0) is 9.87 Å². The minimum atomic E-state index is -0.755. The molecule has 2 aliphatic heterocycles. The van der Waals surface area contributed by atoms with Crippen LogP contribution in [0.3, 0.4) is 0 Å². The fraction of sp³-hybridized carbons (Fsp3) is 0.333. The fourth-order valence-electron chi connectivity index (χ4n) is 1.65. The van der Waals surface area contributed by atoms with Crippen molar-refractivity contribution >= 4 is 23.5 Å². The van der Waals surface area contributed by atoms with Gasteiger partial charge < -0.3 is 10.2 Å². The monoisotopic (exact) mass is 308 g/mol. The quantitative estimate of drug-likeness (QED) is 0.485. The Labute approximate surface area is 119 Å². The second-order valence-corrected chi connectivity index (χ2v) is 6.77. The smallest absolute Gasteiger partial charge is 0.837 e. The maximum Gasteiger partial charge on any atom is 2.00 e. The van der Waals surface area contributed by atoms with Crippen molar-refractivity contribution in [3.05, 3.63) is 48.6 Å². The molecule has 0 saturated carbocycles. The number of thioether (sulfide) groups is 2. The summed E-state index contributed by atoms with van der Waals surface area (Å²) in [7, 11) is 0. The van der Waals surface area contributed by atoms with Crippen LogP contribution < -0.4 is 10.2 Å². The van der Waals surface area contributed by atoms with E-state index in [-0.39, 0.29) is 27.0 Å². The number of fused-ring (bicyclic) bond motifs is 2. The van der Waals surface area contributed by atoms with Crippen LogP contribution in [-0.2, 0) is 16.5 Å². The van der Waals surface area contributed by atoms with Gasteiger partial charge in [0.05, 0.1) is 0 Å². The topological polar surface area (TPSA) is 46.1 Å². The van der Waals surface area contributed by atoms with Crippen LogP contribution in [0.4, 0.5) is 0 Å². The zero-order valence-electron chi connectivity index (χ0n) is 8.72. The summed E-state index contributed by atoms with van der Waals surface area (Å²) in [5, 5.41) is 22.5. The van der Waals surface area contributed by atoms with Crippen LogP contribution in [0.15, 0.2) is 48.6 Å². The van der Waals surface area contributed by atoms with E-state index in [4.69, 9.17) is 0 Å². The van der Waals surface area contributed by atoms with Crippen LogP contribution in [0.1, 0.15) is 0 Å². The van der Waals surface area contributed by atoms with E-state index in [1.165, 1.54) is 23.5 Å². The molecule has 2 saturated heterocycles. The van der Waals surface area contributed by atoms with Crippen molar-refractivity contribution in [1.82, 2.24) is 0 Å². The van der Waals surface area contributed by atoms with Gasteiger partial charge in [-0.25, -0.2) is 0 Å². The normalized spacial score (nSPS) is 46.0. The van der Waals surface area contributed by atoms with Gasteiger partial charge in [0.25, 0.3) is 0 Å². The molecule has 4 atom stereocenters. The Balaban J connectivity index is 0.000000120. The first kappa shape index (κ1) is 13.5. The molecule has 2 nitrogen and oxygen atoms in total. The Bertz CT molecular complexity index is 392. The maximum absolute atomic E-state index is 11.0. The predicted molar refractivity (Wildman–Crippen MR) is 64.8 cm³/mol. The van der Waals surface area contributed by atoms with E-state index in [1.807, 2.05) is 36.5 Å². The van der Waals surface area contributed by atoms with Gasteiger partial charge in [0, 0.05) is 10.5 Å². The zero-order chi connectivity index (χ0) is 11.2. The van der Waals surface area contributed by atoms with Crippen LogP contribution in [0, 0.1) is 0 Å². The molecule has 92 valence electrons. The Hall–Kier alpha value is 0.0735. The number of allylic oxidation sites excluding steroid dienone is 4. The average molecular weight is 309 g/mol. The van der Waals surface area contributed by atoms with Gasteiger partial charge in [-0.1, -0.05) is 48.6 Å². The van der Waals surface area contributed by atoms with Gasteiger partial charge in [0.2, 0.25) is 0 Å². The van der Waals surface area contributed by atoms with Gasteiger partial charge in [0.1, 0.15) is 0 Å². The van der Waals surface area contributed by atoms with Gasteiger partial charge in [-0.2, -0.15) is 23.5 Å². The molecule has 5 heteroatoms. The molecule has 0 aromatic carbocycles. The molecule has 0 bridgehead atoms. The molecule has 0 radical (unpaired) electrons. The second-order valence-electron chi connectivity index (χ2n) is 4.01. The molecule has 17 heavy (non-hydrogen) atoms. The summed E-state index contributed by atoms with van der Waals surface area (Å²) in [6.07, 6.45) is 14.9. The molecular formula is C12H10NiO2S2. The van der Waals surface area contributed by atoms with E-state index < -0.39 is 9.87 Å². The molecule has 4 aliphatic rings. The number of hydrogen-bond acceptors (Lipinski definition) is 4. The van der Waals surface area contributed by atoms with Crippen molar-refractivity contribution in [2.24, 2.45) is 0 Å². The minimum Gasteiger partial charge on any atom is -0.837 e. The standard InChI is InChI=1S/2C6H5OS.Ni/c2*7-6-4-2-1-3-5(6)8-6;/h2*1-5H;/q2*-1;+2. The van der Waals surface area contributed by atoms with Gasteiger partial charge in [-0.3, -0.25) is 0 Å². The Morgan fingerprint density at radius 3 is 1.41 bits per heavy atom. The summed E-state index contributed by atoms with van der Waals surface area (Å²) < 4.78 is 0. The van der Waals surface area contributed by atoms with Gasteiger partial charge >= 0.3 is 16.5 Å². The van der Waals surface area contributed by atoms with Gasteiger partial charge in [0.15, 0.2) is 0 Å². The Morgan fingerprint density at radius 1 is 0.765 bits per heavy atom. The van der Waals surface area contributed by atoms with Crippen molar-refractivity contribution in [3.63, 3.8) is 0 Å². The molecule has 0 amide bonds. The van der Waals surface area contributed by atoms with E-state index in [0.29, 0.717) is 0 Å². The Kier molecular flexibility index (Phi) is 3.68. The maximum atomic E-state index is 11.0. The van der Waals surface area contributed by atoms with E-state index in [9.17, 15) is 10.2 Å². The van der Waals surface area contributed by atoms with Crippen LogP contribution in [0.5, 0.6) is 0 Å². The predicted octanol–water partition coefficient (Wildman–Crippen LogP) is 0.566. The van der Waals surface area contributed by atoms with Crippen LogP contribution in [-0.4, -0.2) is 20.4 Å². The van der Waals surface area contributed by atoms with Crippen molar-refractivity contribution in [2.45, 2.75) is 20.4 Å². The van der Waals surface area contributed by atoms with Crippen molar-refractivity contribution in [3.8, 4) is 0 Å². The summed E-state index contributed by atoms with van der Waals surface area (Å²) in [5.74, 6) is 0. The van der Waals surface area contributed by atoms with Crippen molar-refractivity contribution < 1.29 is 26.7 Å². The third-order valence-electron chi connectivity index (χ3n) is 2.75. The van der Waals surface area contributed by atoms with Gasteiger partial charge in [-0.15, -0.1) is 0 Å². The minimum absolute atomic E-state index is 0. The molecule has 0 N–H and O–H groups in total.